The molecule has 0 aliphatic rings. The number of hydrogen-bond acceptors (Lipinski definition) is 6. The van der Waals surface area contributed by atoms with Crippen molar-refractivity contribution in [3.63, 3.8) is 0 Å². The maximum atomic E-state index is 12.9. The lowest BCUT2D eigenvalue weighted by Gasteiger charge is -2.29. The Kier molecular flexibility index (Phi) is 44.9. The van der Waals surface area contributed by atoms with Gasteiger partial charge in [0.15, 0.2) is 0 Å². The van der Waals surface area contributed by atoms with Crippen molar-refractivity contribution in [3.05, 3.63) is 36.5 Å². The molecule has 1 amide bonds. The van der Waals surface area contributed by atoms with Crippen LogP contribution in [0.1, 0.15) is 251 Å². The molecule has 0 aromatic carbocycles. The average molecular weight is 909 g/mol. The average Bonchev–Trinajstić information content (AvgIpc) is 3.24. The topological polar surface area (TPSA) is 108 Å². The number of carbonyl (C=O) groups excluding carboxylic acids is 1. The lowest BCUT2D eigenvalue weighted by Crippen LogP contribution is -2.45. The Morgan fingerprint density at radius 1 is 0.540 bits per heavy atom. The summed E-state index contributed by atoms with van der Waals surface area (Å²) in [7, 11) is 1.24. The number of carbonyl (C=O) groups is 1. The van der Waals surface area contributed by atoms with Gasteiger partial charge in [0.25, 0.3) is 7.82 Å². The van der Waals surface area contributed by atoms with Crippen LogP contribution in [0, 0.1) is 0 Å². The first-order valence-corrected chi connectivity index (χ1v) is 28.3. The predicted molar refractivity (Wildman–Crippen MR) is 270 cm³/mol. The number of rotatable bonds is 49. The number of unbranched alkanes of at least 4 members (excludes halogenated alkanes) is 32. The Labute approximate surface area is 391 Å². The minimum Gasteiger partial charge on any atom is -0.756 e. The number of phosphoric acid groups is 1. The molecule has 0 aromatic heterocycles. The molecule has 0 aliphatic heterocycles. The fraction of sp³-hybridized carbons (Fsp3) is 0.870. The Balaban J connectivity index is 4.33. The highest BCUT2D eigenvalue weighted by Gasteiger charge is 2.23. The smallest absolute Gasteiger partial charge is 0.268 e. The Hall–Kier alpha value is -1.28. The van der Waals surface area contributed by atoms with Gasteiger partial charge in [-0.3, -0.25) is 9.36 Å². The lowest BCUT2D eigenvalue weighted by atomic mass is 10.0. The van der Waals surface area contributed by atoms with Gasteiger partial charge in [-0.05, 0) is 44.9 Å². The quantitative estimate of drug-likeness (QED) is 0.0272. The van der Waals surface area contributed by atoms with E-state index in [1.54, 1.807) is 6.08 Å². The van der Waals surface area contributed by atoms with Crippen molar-refractivity contribution in [2.24, 2.45) is 0 Å². The van der Waals surface area contributed by atoms with Gasteiger partial charge in [0, 0.05) is 6.42 Å². The molecular weight excluding hydrogens is 804 g/mol. The zero-order chi connectivity index (χ0) is 46.4. The molecule has 3 unspecified atom stereocenters. The SMILES string of the molecule is CCCCCCCCCCCCCCCC/C=C/CC/C=C/CC/C=C/C(O)C(COP(=O)([O-])OCC[N+](C)(C)C)NC(=O)CCCCCCCCCCCCCCCCCCC. The van der Waals surface area contributed by atoms with Crippen LogP contribution in [0.15, 0.2) is 36.5 Å². The highest BCUT2D eigenvalue weighted by atomic mass is 31.2. The summed E-state index contributed by atoms with van der Waals surface area (Å²) in [5, 5.41) is 13.8. The second kappa shape index (κ2) is 45.9. The molecule has 0 rings (SSSR count). The van der Waals surface area contributed by atoms with Gasteiger partial charge in [0.05, 0.1) is 39.9 Å². The van der Waals surface area contributed by atoms with Crippen molar-refractivity contribution >= 4 is 13.7 Å². The third kappa shape index (κ3) is 48.5. The van der Waals surface area contributed by atoms with E-state index in [1.165, 1.54) is 186 Å². The van der Waals surface area contributed by atoms with E-state index in [1.807, 2.05) is 27.2 Å². The third-order valence-corrected chi connectivity index (χ3v) is 13.0. The summed E-state index contributed by atoms with van der Waals surface area (Å²) in [6.45, 7) is 4.65. The van der Waals surface area contributed by atoms with Crippen LogP contribution < -0.4 is 10.2 Å². The molecule has 0 aromatic rings. The Morgan fingerprint density at radius 2 is 0.889 bits per heavy atom. The first-order valence-electron chi connectivity index (χ1n) is 26.9. The molecular formula is C54H105N2O6P. The zero-order valence-electron chi connectivity index (χ0n) is 42.3. The molecule has 9 heteroatoms. The molecule has 372 valence electrons. The minimum atomic E-state index is -4.60. The number of amides is 1. The maximum Gasteiger partial charge on any atom is 0.268 e. The highest BCUT2D eigenvalue weighted by Crippen LogP contribution is 2.38. The summed E-state index contributed by atoms with van der Waals surface area (Å²) in [4.78, 5) is 25.4. The van der Waals surface area contributed by atoms with E-state index in [4.69, 9.17) is 9.05 Å². The van der Waals surface area contributed by atoms with Crippen LogP contribution in [0.4, 0.5) is 0 Å². The van der Waals surface area contributed by atoms with Crippen molar-refractivity contribution in [2.75, 3.05) is 40.9 Å². The van der Waals surface area contributed by atoms with Gasteiger partial charge in [-0.15, -0.1) is 0 Å². The van der Waals surface area contributed by atoms with E-state index in [2.05, 4.69) is 43.5 Å². The van der Waals surface area contributed by atoms with E-state index in [0.29, 0.717) is 17.4 Å². The van der Waals surface area contributed by atoms with Gasteiger partial charge < -0.3 is 28.8 Å². The molecule has 3 atom stereocenters. The third-order valence-electron chi connectivity index (χ3n) is 12.1. The first-order chi connectivity index (χ1) is 30.5. The number of aliphatic hydroxyl groups is 1. The normalized spacial score (nSPS) is 14.3. The van der Waals surface area contributed by atoms with E-state index in [-0.39, 0.29) is 12.5 Å². The number of nitrogens with one attached hydrogen (secondary N) is 1. The lowest BCUT2D eigenvalue weighted by molar-refractivity contribution is -0.870. The standard InChI is InChI=1S/C54H105N2O6P/c1-6-8-10-12-14-16-18-20-22-24-25-26-27-28-29-30-32-33-35-37-39-41-43-45-47-53(57)52(51-62-63(59,60)61-50-49-56(3,4)5)55-54(58)48-46-44-42-40-38-36-34-31-23-21-19-17-15-13-11-9-7-2/h30,32,37,39,45,47,52-53,57H,6-29,31,33-36,38,40-44,46,48-51H2,1-5H3,(H-,55,58,59,60)/b32-30+,39-37+,47-45+. The van der Waals surface area contributed by atoms with Crippen molar-refractivity contribution in [3.8, 4) is 0 Å². The maximum absolute atomic E-state index is 12.9. The number of aliphatic hydroxyl groups excluding tert-OH is 1. The van der Waals surface area contributed by atoms with Crippen LogP contribution in [0.5, 0.6) is 0 Å². The number of likely N-dealkylation sites (N-methyl/N-ethyl adjacent to an activating group) is 1. The summed E-state index contributed by atoms with van der Waals surface area (Å²) in [5.41, 5.74) is 0. The summed E-state index contributed by atoms with van der Waals surface area (Å²) in [6.07, 6.45) is 57.8. The molecule has 0 radical (unpaired) electrons. The second-order valence-electron chi connectivity index (χ2n) is 19.6. The monoisotopic (exact) mass is 909 g/mol. The predicted octanol–water partition coefficient (Wildman–Crippen LogP) is 15.2. The Morgan fingerprint density at radius 3 is 1.29 bits per heavy atom. The van der Waals surface area contributed by atoms with E-state index >= 15 is 0 Å². The van der Waals surface area contributed by atoms with Gasteiger partial charge in [0.1, 0.15) is 13.2 Å². The van der Waals surface area contributed by atoms with Crippen molar-refractivity contribution in [2.45, 2.75) is 264 Å². The van der Waals surface area contributed by atoms with Gasteiger partial charge in [0.2, 0.25) is 5.91 Å². The fourth-order valence-electron chi connectivity index (χ4n) is 7.83. The molecule has 0 fully saturated rings. The van der Waals surface area contributed by atoms with E-state index < -0.39 is 26.6 Å². The van der Waals surface area contributed by atoms with Crippen LogP contribution in [-0.2, 0) is 18.4 Å². The van der Waals surface area contributed by atoms with Crippen LogP contribution in [0.25, 0.3) is 0 Å². The molecule has 0 aliphatic carbocycles. The largest absolute Gasteiger partial charge is 0.756 e. The van der Waals surface area contributed by atoms with Crippen molar-refractivity contribution in [1.29, 1.82) is 0 Å². The molecule has 0 spiro atoms. The van der Waals surface area contributed by atoms with Crippen LogP contribution >= 0.6 is 7.82 Å². The number of allylic oxidation sites excluding steroid dienone is 5. The van der Waals surface area contributed by atoms with Gasteiger partial charge in [-0.25, -0.2) is 0 Å². The summed E-state index contributed by atoms with van der Waals surface area (Å²) in [5.74, 6) is -0.208. The summed E-state index contributed by atoms with van der Waals surface area (Å²) < 4.78 is 23.3. The Bertz CT molecular complexity index is 1120. The van der Waals surface area contributed by atoms with Crippen LogP contribution in [0.2, 0.25) is 0 Å². The first kappa shape index (κ1) is 61.7. The van der Waals surface area contributed by atoms with Gasteiger partial charge >= 0.3 is 0 Å². The van der Waals surface area contributed by atoms with E-state index in [9.17, 15) is 19.4 Å². The number of phosphoric ester groups is 1. The number of hydrogen-bond donors (Lipinski definition) is 2. The molecule has 0 heterocycles. The molecule has 0 saturated heterocycles. The van der Waals surface area contributed by atoms with Crippen molar-refractivity contribution in [1.82, 2.24) is 5.32 Å². The van der Waals surface area contributed by atoms with Gasteiger partial charge in [-0.1, -0.05) is 237 Å². The zero-order valence-corrected chi connectivity index (χ0v) is 43.2. The van der Waals surface area contributed by atoms with Gasteiger partial charge in [-0.2, -0.15) is 0 Å². The van der Waals surface area contributed by atoms with Crippen LogP contribution in [-0.4, -0.2) is 68.5 Å². The number of nitrogens with zero attached hydrogens (tertiary/aromatic N) is 1. The molecule has 8 nitrogen and oxygen atoms in total. The summed E-state index contributed by atoms with van der Waals surface area (Å²) >= 11 is 0. The second-order valence-corrected chi connectivity index (χ2v) is 21.0. The van der Waals surface area contributed by atoms with Crippen molar-refractivity contribution < 1.29 is 32.9 Å². The van der Waals surface area contributed by atoms with Crippen LogP contribution in [0.3, 0.4) is 0 Å². The molecule has 0 bridgehead atoms. The molecule has 63 heavy (non-hydrogen) atoms. The minimum absolute atomic E-state index is 0.00753. The fourth-order valence-corrected chi connectivity index (χ4v) is 8.56. The number of quaternary nitrogens is 1. The van der Waals surface area contributed by atoms with E-state index in [0.717, 1.165) is 44.9 Å². The summed E-state index contributed by atoms with van der Waals surface area (Å²) in [6, 6.07) is -0.907. The molecule has 2 N–H and O–H groups in total. The highest BCUT2D eigenvalue weighted by molar-refractivity contribution is 7.45. The molecule has 0 saturated carbocycles.